The molecule has 0 bridgehead atoms. The number of benzene rings is 1. The van der Waals surface area contributed by atoms with Crippen molar-refractivity contribution in [1.82, 2.24) is 15.1 Å². The van der Waals surface area contributed by atoms with E-state index in [2.05, 4.69) is 48.3 Å². The first-order valence-electron chi connectivity index (χ1n) is 7.80. The predicted octanol–water partition coefficient (Wildman–Crippen LogP) is 1.67. The van der Waals surface area contributed by atoms with E-state index in [1.807, 2.05) is 14.1 Å². The zero-order valence-electron chi connectivity index (χ0n) is 13.6. The summed E-state index contributed by atoms with van der Waals surface area (Å²) >= 11 is 0. The lowest BCUT2D eigenvalue weighted by atomic mass is 10.00. The number of nitrogens with one attached hydrogen (secondary N) is 1. The Morgan fingerprint density at radius 1 is 1.38 bits per heavy atom. The normalized spacial score (nSPS) is 21.0. The fourth-order valence-electron chi connectivity index (χ4n) is 2.89. The molecule has 0 aromatic heterocycles. The quantitative estimate of drug-likeness (QED) is 0.916. The van der Waals surface area contributed by atoms with E-state index >= 15 is 0 Å². The lowest BCUT2D eigenvalue weighted by Gasteiger charge is -2.38. The maximum Gasteiger partial charge on any atom is 0.244 e. The third-order valence-electron chi connectivity index (χ3n) is 4.14. The van der Waals surface area contributed by atoms with Crippen LogP contribution < -0.4 is 5.32 Å². The highest BCUT2D eigenvalue weighted by molar-refractivity contribution is 5.83. The van der Waals surface area contributed by atoms with Gasteiger partial charge in [-0.3, -0.25) is 9.69 Å². The molecule has 0 radical (unpaired) electrons. The molecule has 4 nitrogen and oxygen atoms in total. The summed E-state index contributed by atoms with van der Waals surface area (Å²) in [6.07, 6.45) is 1.03. The third-order valence-corrected chi connectivity index (χ3v) is 4.14. The van der Waals surface area contributed by atoms with E-state index in [1.54, 1.807) is 4.90 Å². The Morgan fingerprint density at radius 3 is 2.57 bits per heavy atom. The number of rotatable bonds is 4. The Hall–Kier alpha value is -1.39. The van der Waals surface area contributed by atoms with E-state index in [4.69, 9.17) is 0 Å². The number of carbonyl (C=O) groups excluding carboxylic acids is 1. The largest absolute Gasteiger partial charge is 0.347 e. The molecule has 2 atom stereocenters. The zero-order chi connectivity index (χ0) is 15.4. The van der Waals surface area contributed by atoms with Gasteiger partial charge in [0.15, 0.2) is 0 Å². The summed E-state index contributed by atoms with van der Waals surface area (Å²) in [5.74, 6) is 0.161. The van der Waals surface area contributed by atoms with Crippen LogP contribution in [0.1, 0.15) is 31.0 Å². The van der Waals surface area contributed by atoms with Crippen LogP contribution in [0.5, 0.6) is 0 Å². The van der Waals surface area contributed by atoms with Gasteiger partial charge in [-0.2, -0.15) is 0 Å². The second kappa shape index (κ2) is 7.05. The first kappa shape index (κ1) is 16.0. The van der Waals surface area contributed by atoms with Gasteiger partial charge in [0.05, 0.1) is 0 Å². The van der Waals surface area contributed by atoms with Crippen molar-refractivity contribution >= 4 is 5.91 Å². The van der Waals surface area contributed by atoms with Crippen LogP contribution in [0.2, 0.25) is 0 Å². The summed E-state index contributed by atoms with van der Waals surface area (Å²) in [4.78, 5) is 16.7. The molecule has 0 aliphatic carbocycles. The van der Waals surface area contributed by atoms with Crippen molar-refractivity contribution < 1.29 is 4.79 Å². The van der Waals surface area contributed by atoms with Crippen molar-refractivity contribution in [2.75, 3.05) is 33.7 Å². The van der Waals surface area contributed by atoms with E-state index in [0.29, 0.717) is 6.04 Å². The zero-order valence-corrected chi connectivity index (χ0v) is 13.6. The van der Waals surface area contributed by atoms with Gasteiger partial charge in [-0.05, 0) is 24.5 Å². The van der Waals surface area contributed by atoms with Crippen molar-refractivity contribution in [2.24, 2.45) is 0 Å². The molecule has 1 aliphatic heterocycles. The lowest BCUT2D eigenvalue weighted by molar-refractivity contribution is -0.135. The summed E-state index contributed by atoms with van der Waals surface area (Å²) in [7, 11) is 3.67. The van der Waals surface area contributed by atoms with Gasteiger partial charge in [0.1, 0.15) is 6.04 Å². The van der Waals surface area contributed by atoms with Crippen LogP contribution in [-0.2, 0) is 11.2 Å². The molecule has 1 amide bonds. The summed E-state index contributed by atoms with van der Waals surface area (Å²) in [6.45, 7) is 7.06. The van der Waals surface area contributed by atoms with Crippen LogP contribution in [-0.4, -0.2) is 55.5 Å². The van der Waals surface area contributed by atoms with Gasteiger partial charge < -0.3 is 10.2 Å². The number of hydrogen-bond donors (Lipinski definition) is 1. The Morgan fingerprint density at radius 2 is 2.05 bits per heavy atom. The molecule has 2 unspecified atom stereocenters. The van der Waals surface area contributed by atoms with E-state index < -0.39 is 0 Å². The second-order valence-electron chi connectivity index (χ2n) is 6.08. The Labute approximate surface area is 128 Å². The van der Waals surface area contributed by atoms with Crippen LogP contribution in [0.15, 0.2) is 24.3 Å². The minimum Gasteiger partial charge on any atom is -0.347 e. The molecule has 4 heteroatoms. The van der Waals surface area contributed by atoms with Crippen molar-refractivity contribution in [3.05, 3.63) is 35.4 Å². The first-order valence-corrected chi connectivity index (χ1v) is 7.80. The van der Waals surface area contributed by atoms with Gasteiger partial charge >= 0.3 is 0 Å². The molecule has 0 saturated carbocycles. The number of carbonyl (C=O) groups is 1. The molecule has 0 spiro atoms. The molecular formula is C17H27N3O. The van der Waals surface area contributed by atoms with E-state index in [0.717, 1.165) is 31.6 Å². The van der Waals surface area contributed by atoms with Crippen LogP contribution in [0.4, 0.5) is 0 Å². The van der Waals surface area contributed by atoms with Crippen LogP contribution in [0.25, 0.3) is 0 Å². The maximum absolute atomic E-state index is 12.7. The van der Waals surface area contributed by atoms with Crippen molar-refractivity contribution in [2.45, 2.75) is 32.4 Å². The summed E-state index contributed by atoms with van der Waals surface area (Å²) in [5.41, 5.74) is 2.41. The molecule has 1 aromatic rings. The monoisotopic (exact) mass is 289 g/mol. The highest BCUT2D eigenvalue weighted by atomic mass is 16.2. The summed E-state index contributed by atoms with van der Waals surface area (Å²) in [5, 5.41) is 3.44. The molecule has 2 rings (SSSR count). The third kappa shape index (κ3) is 3.83. The second-order valence-corrected chi connectivity index (χ2v) is 6.08. The van der Waals surface area contributed by atoms with Crippen LogP contribution >= 0.6 is 0 Å². The molecule has 116 valence electrons. The molecule has 1 heterocycles. The highest BCUT2D eigenvalue weighted by Gasteiger charge is 2.31. The van der Waals surface area contributed by atoms with Crippen molar-refractivity contribution in [3.63, 3.8) is 0 Å². The predicted molar refractivity (Wildman–Crippen MR) is 86.3 cm³/mol. The van der Waals surface area contributed by atoms with Gasteiger partial charge in [-0.1, -0.05) is 31.2 Å². The van der Waals surface area contributed by atoms with Crippen molar-refractivity contribution in [1.29, 1.82) is 0 Å². The van der Waals surface area contributed by atoms with Gasteiger partial charge in [0, 0.05) is 39.8 Å². The van der Waals surface area contributed by atoms with Gasteiger partial charge in [0.2, 0.25) is 5.91 Å². The molecule has 1 aromatic carbocycles. The van der Waals surface area contributed by atoms with Gasteiger partial charge in [-0.15, -0.1) is 0 Å². The standard InChI is InChI=1S/C17H27N3O/c1-5-14-6-8-15(9-7-14)16(17(21)19(3)4)20-11-10-18-13(2)12-20/h6-9,13,16,18H,5,10-12H2,1-4H3. The van der Waals surface area contributed by atoms with E-state index in [-0.39, 0.29) is 11.9 Å². The fraction of sp³-hybridized carbons (Fsp3) is 0.588. The van der Waals surface area contributed by atoms with Gasteiger partial charge in [-0.25, -0.2) is 0 Å². The number of hydrogen-bond acceptors (Lipinski definition) is 3. The first-order chi connectivity index (χ1) is 10.0. The van der Waals surface area contributed by atoms with E-state index in [1.165, 1.54) is 5.56 Å². The fourth-order valence-corrected chi connectivity index (χ4v) is 2.89. The minimum atomic E-state index is -0.171. The molecular weight excluding hydrogens is 262 g/mol. The summed E-state index contributed by atoms with van der Waals surface area (Å²) < 4.78 is 0. The van der Waals surface area contributed by atoms with Crippen molar-refractivity contribution in [3.8, 4) is 0 Å². The average Bonchev–Trinajstić information content (AvgIpc) is 2.48. The summed E-state index contributed by atoms with van der Waals surface area (Å²) in [6, 6.07) is 8.74. The highest BCUT2D eigenvalue weighted by Crippen LogP contribution is 2.24. The topological polar surface area (TPSA) is 35.6 Å². The Kier molecular flexibility index (Phi) is 5.37. The number of piperazine rings is 1. The molecule has 1 N–H and O–H groups in total. The number of amides is 1. The van der Waals surface area contributed by atoms with Crippen LogP contribution in [0.3, 0.4) is 0 Å². The van der Waals surface area contributed by atoms with E-state index in [9.17, 15) is 4.79 Å². The molecule has 1 saturated heterocycles. The Bertz CT molecular complexity index is 469. The minimum absolute atomic E-state index is 0.161. The molecule has 1 fully saturated rings. The maximum atomic E-state index is 12.7. The number of aryl methyl sites for hydroxylation is 1. The smallest absolute Gasteiger partial charge is 0.244 e. The lowest BCUT2D eigenvalue weighted by Crippen LogP contribution is -2.53. The molecule has 21 heavy (non-hydrogen) atoms. The number of nitrogens with zero attached hydrogens (tertiary/aromatic N) is 2. The molecule has 1 aliphatic rings. The van der Waals surface area contributed by atoms with Gasteiger partial charge in [0.25, 0.3) is 0 Å². The SMILES string of the molecule is CCc1ccc(C(C(=O)N(C)C)N2CCNC(C)C2)cc1. The Balaban J connectivity index is 2.28. The average molecular weight is 289 g/mol. The number of likely N-dealkylation sites (N-methyl/N-ethyl adjacent to an activating group) is 1. The van der Waals surface area contributed by atoms with Crippen LogP contribution in [0, 0.1) is 0 Å².